The van der Waals surface area contributed by atoms with Gasteiger partial charge in [-0.05, 0) is 68.6 Å². The van der Waals surface area contributed by atoms with E-state index in [2.05, 4.69) is 27.0 Å². The first-order valence-corrected chi connectivity index (χ1v) is 10.0. The van der Waals surface area contributed by atoms with Crippen LogP contribution in [0.4, 0.5) is 0 Å². The fourth-order valence-corrected chi connectivity index (χ4v) is 4.11. The fraction of sp³-hybridized carbons (Fsp3) is 0.348. The summed E-state index contributed by atoms with van der Waals surface area (Å²) < 4.78 is 0. The molecule has 0 unspecified atom stereocenters. The third-order valence-electron chi connectivity index (χ3n) is 5.66. The molecule has 1 aliphatic heterocycles. The molecule has 0 amide bonds. The Labute approximate surface area is 170 Å². The van der Waals surface area contributed by atoms with Gasteiger partial charge in [0.2, 0.25) is 0 Å². The molecule has 150 valence electrons. The molecule has 6 heteroatoms. The zero-order valence-corrected chi connectivity index (χ0v) is 16.9. The minimum Gasteiger partial charge on any atom is -0.507 e. The minimum atomic E-state index is -0.119. The number of likely N-dealkylation sites (tertiary alicyclic amines) is 1. The normalized spacial score (nSPS) is 15.5. The number of aromatic hydroxyl groups is 1. The summed E-state index contributed by atoms with van der Waals surface area (Å²) in [6.45, 7) is 6.67. The molecule has 3 aromatic rings. The van der Waals surface area contributed by atoms with Gasteiger partial charge in [0.1, 0.15) is 11.6 Å². The summed E-state index contributed by atoms with van der Waals surface area (Å²) in [5, 5.41) is 9.97. The standard InChI is InChI=1S/C23H26N4O2/c1-15-10-17(11-16(2)22(15)29)14-27-8-5-18(6-9-27)20-12-21(28)26-23(25-20)19-4-3-7-24-13-19/h3-4,7,10-13,18,29H,5-6,8-9,14H2,1-2H3,(H,25,26,28). The number of phenols is 1. The summed E-state index contributed by atoms with van der Waals surface area (Å²) in [6, 6.07) is 9.50. The van der Waals surface area contributed by atoms with Gasteiger partial charge in [0, 0.05) is 36.5 Å². The molecule has 0 spiro atoms. The number of piperidine rings is 1. The van der Waals surface area contributed by atoms with E-state index in [1.807, 2.05) is 26.0 Å². The highest BCUT2D eigenvalue weighted by molar-refractivity contribution is 5.52. The quantitative estimate of drug-likeness (QED) is 0.712. The van der Waals surface area contributed by atoms with Gasteiger partial charge in [-0.1, -0.05) is 12.1 Å². The van der Waals surface area contributed by atoms with Crippen molar-refractivity contribution in [2.75, 3.05) is 13.1 Å². The molecule has 2 N–H and O–H groups in total. The van der Waals surface area contributed by atoms with Gasteiger partial charge in [0.25, 0.3) is 5.56 Å². The van der Waals surface area contributed by atoms with Crippen LogP contribution in [0.2, 0.25) is 0 Å². The number of H-pyrrole nitrogens is 1. The van der Waals surface area contributed by atoms with Crippen LogP contribution in [0.15, 0.2) is 47.5 Å². The third kappa shape index (κ3) is 4.38. The molecule has 6 nitrogen and oxygen atoms in total. The van der Waals surface area contributed by atoms with Gasteiger partial charge in [-0.3, -0.25) is 14.7 Å². The van der Waals surface area contributed by atoms with Gasteiger partial charge < -0.3 is 10.1 Å². The number of nitrogens with one attached hydrogen (secondary N) is 1. The smallest absolute Gasteiger partial charge is 0.251 e. The first-order valence-electron chi connectivity index (χ1n) is 10.0. The van der Waals surface area contributed by atoms with Crippen LogP contribution in [0.1, 0.15) is 41.1 Å². The molecule has 0 radical (unpaired) electrons. The topological polar surface area (TPSA) is 82.1 Å². The van der Waals surface area contributed by atoms with Gasteiger partial charge in [0.05, 0.1) is 5.69 Å². The second kappa shape index (κ2) is 8.17. The number of nitrogens with zero attached hydrogens (tertiary/aromatic N) is 3. The summed E-state index contributed by atoms with van der Waals surface area (Å²) >= 11 is 0. The summed E-state index contributed by atoms with van der Waals surface area (Å²) in [4.78, 5) is 26.3. The lowest BCUT2D eigenvalue weighted by molar-refractivity contribution is 0.203. The van der Waals surface area contributed by atoms with Gasteiger partial charge in [0.15, 0.2) is 0 Å². The van der Waals surface area contributed by atoms with E-state index in [1.54, 1.807) is 18.5 Å². The molecule has 0 atom stereocenters. The lowest BCUT2D eigenvalue weighted by Crippen LogP contribution is -2.33. The number of benzene rings is 1. The Morgan fingerprint density at radius 1 is 1.17 bits per heavy atom. The summed E-state index contributed by atoms with van der Waals surface area (Å²) in [5.74, 6) is 1.25. The SMILES string of the molecule is Cc1cc(CN2CCC(c3cc(=O)[nH]c(-c4cccnc4)n3)CC2)cc(C)c1O. The predicted octanol–water partition coefficient (Wildman–Crippen LogP) is 3.53. The van der Waals surface area contributed by atoms with E-state index in [-0.39, 0.29) is 11.5 Å². The Balaban J connectivity index is 1.45. The van der Waals surface area contributed by atoms with Crippen LogP contribution in [0.3, 0.4) is 0 Å². The number of hydrogen-bond donors (Lipinski definition) is 2. The van der Waals surface area contributed by atoms with Gasteiger partial charge >= 0.3 is 0 Å². The maximum Gasteiger partial charge on any atom is 0.251 e. The van der Waals surface area contributed by atoms with Crippen molar-refractivity contribution < 1.29 is 5.11 Å². The second-order valence-corrected chi connectivity index (χ2v) is 7.89. The zero-order valence-electron chi connectivity index (χ0n) is 16.9. The highest BCUT2D eigenvalue weighted by Crippen LogP contribution is 2.29. The highest BCUT2D eigenvalue weighted by atomic mass is 16.3. The van der Waals surface area contributed by atoms with E-state index in [0.29, 0.717) is 11.6 Å². The lowest BCUT2D eigenvalue weighted by atomic mass is 9.92. The van der Waals surface area contributed by atoms with Crippen molar-refractivity contribution in [3.63, 3.8) is 0 Å². The average Bonchev–Trinajstić information content (AvgIpc) is 2.73. The molecular weight excluding hydrogens is 364 g/mol. The average molecular weight is 390 g/mol. The third-order valence-corrected chi connectivity index (χ3v) is 5.66. The number of pyridine rings is 1. The highest BCUT2D eigenvalue weighted by Gasteiger charge is 2.23. The monoisotopic (exact) mass is 390 g/mol. The number of aromatic amines is 1. The Kier molecular flexibility index (Phi) is 5.45. The molecule has 0 bridgehead atoms. The molecular formula is C23H26N4O2. The van der Waals surface area contributed by atoms with Crippen molar-refractivity contribution >= 4 is 0 Å². The van der Waals surface area contributed by atoms with Crippen LogP contribution >= 0.6 is 0 Å². The Morgan fingerprint density at radius 2 is 1.90 bits per heavy atom. The Morgan fingerprint density at radius 3 is 2.55 bits per heavy atom. The van der Waals surface area contributed by atoms with Crippen LogP contribution in [0, 0.1) is 13.8 Å². The molecule has 1 aromatic carbocycles. The van der Waals surface area contributed by atoms with E-state index < -0.39 is 0 Å². The maximum absolute atomic E-state index is 12.2. The molecule has 1 saturated heterocycles. The first-order chi connectivity index (χ1) is 14.0. The number of rotatable bonds is 4. The van der Waals surface area contributed by atoms with Crippen molar-refractivity contribution in [2.45, 2.75) is 39.2 Å². The fourth-order valence-electron chi connectivity index (χ4n) is 4.11. The van der Waals surface area contributed by atoms with Crippen LogP contribution < -0.4 is 5.56 Å². The first kappa shape index (κ1) is 19.3. The molecule has 0 saturated carbocycles. The van der Waals surface area contributed by atoms with Crippen molar-refractivity contribution in [3.05, 3.63) is 75.5 Å². The summed E-state index contributed by atoms with van der Waals surface area (Å²) in [5.41, 5.74) is 4.64. The maximum atomic E-state index is 12.2. The van der Waals surface area contributed by atoms with Gasteiger partial charge in [-0.15, -0.1) is 0 Å². The lowest BCUT2D eigenvalue weighted by Gasteiger charge is -2.32. The van der Waals surface area contributed by atoms with E-state index in [0.717, 1.165) is 54.9 Å². The number of aromatic nitrogens is 3. The van der Waals surface area contributed by atoms with Crippen molar-refractivity contribution in [1.29, 1.82) is 0 Å². The molecule has 1 fully saturated rings. The summed E-state index contributed by atoms with van der Waals surface area (Å²) in [6.07, 6.45) is 5.36. The van der Waals surface area contributed by atoms with Crippen LogP contribution in [-0.4, -0.2) is 38.0 Å². The molecule has 29 heavy (non-hydrogen) atoms. The van der Waals surface area contributed by atoms with Crippen molar-refractivity contribution in [1.82, 2.24) is 19.9 Å². The van der Waals surface area contributed by atoms with Crippen molar-refractivity contribution in [2.24, 2.45) is 0 Å². The molecule has 2 aromatic heterocycles. The van der Waals surface area contributed by atoms with E-state index in [1.165, 1.54) is 5.56 Å². The van der Waals surface area contributed by atoms with Crippen LogP contribution in [0.5, 0.6) is 5.75 Å². The largest absolute Gasteiger partial charge is 0.507 e. The van der Waals surface area contributed by atoms with E-state index >= 15 is 0 Å². The van der Waals surface area contributed by atoms with Crippen molar-refractivity contribution in [3.8, 4) is 17.1 Å². The number of phenolic OH excluding ortho intramolecular Hbond substituents is 1. The van der Waals surface area contributed by atoms with Crippen LogP contribution in [0.25, 0.3) is 11.4 Å². The molecule has 1 aliphatic rings. The minimum absolute atomic E-state index is 0.119. The molecule has 3 heterocycles. The Bertz CT molecular complexity index is 1030. The summed E-state index contributed by atoms with van der Waals surface area (Å²) in [7, 11) is 0. The second-order valence-electron chi connectivity index (χ2n) is 7.89. The Hall–Kier alpha value is -2.99. The molecule has 4 rings (SSSR count). The number of aryl methyl sites for hydroxylation is 2. The van der Waals surface area contributed by atoms with Gasteiger partial charge in [-0.25, -0.2) is 4.98 Å². The predicted molar refractivity (Wildman–Crippen MR) is 113 cm³/mol. The number of hydrogen-bond acceptors (Lipinski definition) is 5. The van der Waals surface area contributed by atoms with E-state index in [4.69, 9.17) is 4.98 Å². The zero-order chi connectivity index (χ0) is 20.4. The van der Waals surface area contributed by atoms with Gasteiger partial charge in [-0.2, -0.15) is 0 Å². The van der Waals surface area contributed by atoms with E-state index in [9.17, 15) is 9.90 Å². The van der Waals surface area contributed by atoms with Crippen LogP contribution in [-0.2, 0) is 6.54 Å². The molecule has 0 aliphatic carbocycles.